The predicted molar refractivity (Wildman–Crippen MR) is 129 cm³/mol. The van der Waals surface area contributed by atoms with Crippen LogP contribution < -0.4 is 5.32 Å². The summed E-state index contributed by atoms with van der Waals surface area (Å²) in [5, 5.41) is 3.26. The number of rotatable bonds is 4. The average Bonchev–Trinajstić information content (AvgIpc) is 3.60. The van der Waals surface area contributed by atoms with Gasteiger partial charge in [0.05, 0.1) is 22.6 Å². The number of carbonyl (C=O) groups is 1. The van der Waals surface area contributed by atoms with E-state index in [2.05, 4.69) is 22.0 Å². The molecule has 0 radical (unpaired) electrons. The molecule has 33 heavy (non-hydrogen) atoms. The van der Waals surface area contributed by atoms with Crippen LogP contribution in [-0.4, -0.2) is 15.5 Å². The summed E-state index contributed by atoms with van der Waals surface area (Å²) in [5.74, 6) is 0.376. The zero-order valence-electron chi connectivity index (χ0n) is 18.6. The number of nitrogens with one attached hydrogen (secondary N) is 1. The Kier molecular flexibility index (Phi) is 4.79. The van der Waals surface area contributed by atoms with Gasteiger partial charge in [-0.25, -0.2) is 9.37 Å². The van der Waals surface area contributed by atoms with E-state index in [4.69, 9.17) is 4.98 Å². The van der Waals surface area contributed by atoms with E-state index in [1.54, 1.807) is 0 Å². The van der Waals surface area contributed by atoms with E-state index < -0.39 is 0 Å². The van der Waals surface area contributed by atoms with E-state index in [9.17, 15) is 9.18 Å². The molecule has 1 atom stereocenters. The third-order valence-electron chi connectivity index (χ3n) is 7.01. The number of imidazole rings is 1. The second-order valence-electron chi connectivity index (χ2n) is 9.30. The van der Waals surface area contributed by atoms with Crippen LogP contribution in [0.5, 0.6) is 0 Å². The monoisotopic (exact) mass is 439 g/mol. The Balaban J connectivity index is 1.43. The Labute approximate surface area is 192 Å². The number of para-hydroxylation sites is 1. The minimum absolute atomic E-state index is 0.0258. The maximum Gasteiger partial charge on any atom is 0.231 e. The van der Waals surface area contributed by atoms with E-state index in [1.165, 1.54) is 17.7 Å². The highest BCUT2D eigenvalue weighted by Crippen LogP contribution is 2.43. The molecule has 2 aliphatic rings. The minimum Gasteiger partial charge on any atom is -0.325 e. The van der Waals surface area contributed by atoms with Crippen molar-refractivity contribution in [2.24, 2.45) is 0 Å². The van der Waals surface area contributed by atoms with Crippen LogP contribution in [0.4, 0.5) is 10.1 Å². The molecule has 1 fully saturated rings. The zero-order chi connectivity index (χ0) is 22.5. The molecule has 6 rings (SSSR count). The highest BCUT2D eigenvalue weighted by Gasteiger charge is 2.31. The van der Waals surface area contributed by atoms with E-state index in [1.807, 2.05) is 43.3 Å². The highest BCUT2D eigenvalue weighted by atomic mass is 19.1. The van der Waals surface area contributed by atoms with Crippen LogP contribution in [0.1, 0.15) is 54.3 Å². The summed E-state index contributed by atoms with van der Waals surface area (Å²) >= 11 is 0. The number of amides is 1. The molecular weight excluding hydrogens is 413 g/mol. The van der Waals surface area contributed by atoms with Crippen LogP contribution in [0.25, 0.3) is 22.4 Å². The molecule has 2 aliphatic carbocycles. The van der Waals surface area contributed by atoms with Crippen molar-refractivity contribution < 1.29 is 9.18 Å². The first-order valence-electron chi connectivity index (χ1n) is 11.8. The summed E-state index contributed by atoms with van der Waals surface area (Å²) in [7, 11) is 0. The van der Waals surface area contributed by atoms with Gasteiger partial charge in [0.1, 0.15) is 11.6 Å². The Morgan fingerprint density at radius 3 is 2.76 bits per heavy atom. The third kappa shape index (κ3) is 3.52. The van der Waals surface area contributed by atoms with Crippen LogP contribution in [-0.2, 0) is 11.2 Å². The van der Waals surface area contributed by atoms with Crippen LogP contribution in [0.2, 0.25) is 0 Å². The molecule has 1 heterocycles. The summed E-state index contributed by atoms with van der Waals surface area (Å²) in [6, 6.07) is 19.4. The highest BCUT2D eigenvalue weighted by molar-refractivity contribution is 6.00. The quantitative estimate of drug-likeness (QED) is 0.392. The summed E-state index contributed by atoms with van der Waals surface area (Å²) in [4.78, 5) is 18.4. The molecule has 4 nitrogen and oxygen atoms in total. The van der Waals surface area contributed by atoms with Crippen molar-refractivity contribution in [3.8, 4) is 11.4 Å². The fraction of sp³-hybridized carbons (Fsp3) is 0.286. The minimum atomic E-state index is -0.289. The predicted octanol–water partition coefficient (Wildman–Crippen LogP) is 6.54. The molecular formula is C28H26FN3O. The standard InChI is InChI=1S/C28H26FN3O/c1-17-6-4-11-23(27-30-24-16-19(29)12-15-25(24)32(27)20-13-14-20)26(17)31-28(33)22-10-5-8-18-7-2-3-9-21(18)22/h2-4,6-7,9,11-12,15-16,20,22H,5,8,10,13-14H2,1H3,(H,31,33)/t22-/m1/s1. The lowest BCUT2D eigenvalue weighted by atomic mass is 9.82. The van der Waals surface area contributed by atoms with Gasteiger partial charge in [0.25, 0.3) is 0 Å². The molecule has 0 bridgehead atoms. The maximum atomic E-state index is 13.9. The van der Waals surface area contributed by atoms with Crippen molar-refractivity contribution in [3.63, 3.8) is 0 Å². The molecule has 0 saturated heterocycles. The molecule has 4 aromatic rings. The maximum absolute atomic E-state index is 13.9. The Hall–Kier alpha value is -3.47. The molecule has 0 aliphatic heterocycles. The molecule has 1 saturated carbocycles. The van der Waals surface area contributed by atoms with Gasteiger partial charge < -0.3 is 9.88 Å². The lowest BCUT2D eigenvalue weighted by Crippen LogP contribution is -2.25. The van der Waals surface area contributed by atoms with Gasteiger partial charge in [-0.2, -0.15) is 0 Å². The van der Waals surface area contributed by atoms with Crippen molar-refractivity contribution in [2.45, 2.75) is 51.0 Å². The van der Waals surface area contributed by atoms with Crippen molar-refractivity contribution >= 4 is 22.6 Å². The Morgan fingerprint density at radius 2 is 1.91 bits per heavy atom. The first-order valence-corrected chi connectivity index (χ1v) is 11.8. The molecule has 0 spiro atoms. The third-order valence-corrected chi connectivity index (χ3v) is 7.01. The number of fused-ring (bicyclic) bond motifs is 2. The average molecular weight is 440 g/mol. The van der Waals surface area contributed by atoms with Crippen molar-refractivity contribution in [3.05, 3.63) is 83.2 Å². The lowest BCUT2D eigenvalue weighted by Gasteiger charge is -2.25. The van der Waals surface area contributed by atoms with Gasteiger partial charge in [-0.3, -0.25) is 4.79 Å². The smallest absolute Gasteiger partial charge is 0.231 e. The fourth-order valence-corrected chi connectivity index (χ4v) is 5.22. The van der Waals surface area contributed by atoms with Crippen LogP contribution in [0.3, 0.4) is 0 Å². The summed E-state index contributed by atoms with van der Waals surface area (Å²) in [5.41, 5.74) is 6.67. The largest absolute Gasteiger partial charge is 0.325 e. The van der Waals surface area contributed by atoms with Crippen LogP contribution in [0.15, 0.2) is 60.7 Å². The molecule has 5 heteroatoms. The number of benzene rings is 3. The van der Waals surface area contributed by atoms with Gasteiger partial charge >= 0.3 is 0 Å². The van der Waals surface area contributed by atoms with Crippen LogP contribution >= 0.6 is 0 Å². The number of carbonyl (C=O) groups excluding carboxylic acids is 1. The molecule has 1 aromatic heterocycles. The second kappa shape index (κ2) is 7.84. The van der Waals surface area contributed by atoms with Crippen molar-refractivity contribution in [2.75, 3.05) is 5.32 Å². The van der Waals surface area contributed by atoms with E-state index in [-0.39, 0.29) is 17.6 Å². The first kappa shape index (κ1) is 20.2. The lowest BCUT2D eigenvalue weighted by molar-refractivity contribution is -0.117. The van der Waals surface area contributed by atoms with Crippen LogP contribution in [0, 0.1) is 12.7 Å². The number of hydrogen-bond acceptors (Lipinski definition) is 2. The SMILES string of the molecule is Cc1cccc(-c2nc3cc(F)ccc3n2C2CC2)c1NC(=O)[C@@H]1CCCc2ccccc21. The number of nitrogens with zero attached hydrogens (tertiary/aromatic N) is 2. The van der Waals surface area contributed by atoms with Crippen molar-refractivity contribution in [1.29, 1.82) is 0 Å². The first-order chi connectivity index (χ1) is 16.1. The van der Waals surface area contributed by atoms with E-state index in [0.717, 1.165) is 65.8 Å². The van der Waals surface area contributed by atoms with Gasteiger partial charge in [0.15, 0.2) is 0 Å². The molecule has 3 aromatic carbocycles. The van der Waals surface area contributed by atoms with Gasteiger partial charge in [-0.15, -0.1) is 0 Å². The number of hydrogen-bond donors (Lipinski definition) is 1. The second-order valence-corrected chi connectivity index (χ2v) is 9.30. The van der Waals surface area contributed by atoms with E-state index >= 15 is 0 Å². The number of anilines is 1. The fourth-order valence-electron chi connectivity index (χ4n) is 5.22. The topological polar surface area (TPSA) is 46.9 Å². The Morgan fingerprint density at radius 1 is 1.06 bits per heavy atom. The van der Waals surface area contributed by atoms with Crippen molar-refractivity contribution in [1.82, 2.24) is 9.55 Å². The summed E-state index contributed by atoms with van der Waals surface area (Å²) in [6.45, 7) is 2.01. The van der Waals surface area contributed by atoms with Gasteiger partial charge in [-0.1, -0.05) is 36.4 Å². The summed E-state index contributed by atoms with van der Waals surface area (Å²) < 4.78 is 16.2. The Bertz CT molecular complexity index is 1390. The van der Waals surface area contributed by atoms with E-state index in [0.29, 0.717) is 11.6 Å². The number of aromatic nitrogens is 2. The number of aryl methyl sites for hydroxylation is 2. The van der Waals surface area contributed by atoms with Gasteiger partial charge in [-0.05, 0) is 73.9 Å². The zero-order valence-corrected chi connectivity index (χ0v) is 18.6. The normalized spacial score (nSPS) is 17.7. The van der Waals surface area contributed by atoms with Gasteiger partial charge in [0.2, 0.25) is 5.91 Å². The molecule has 1 N–H and O–H groups in total. The summed E-state index contributed by atoms with van der Waals surface area (Å²) in [6.07, 6.45) is 5.06. The molecule has 0 unspecified atom stereocenters. The molecule has 1 amide bonds. The molecule has 166 valence electrons. The number of halogens is 1. The van der Waals surface area contributed by atoms with Gasteiger partial charge in [0, 0.05) is 17.7 Å².